The molecule has 0 aliphatic heterocycles. The monoisotopic (exact) mass is 250 g/mol. The van der Waals surface area contributed by atoms with Crippen LogP contribution in [0.3, 0.4) is 0 Å². The zero-order chi connectivity index (χ0) is 12.1. The highest BCUT2D eigenvalue weighted by atomic mass is 32.3. The Morgan fingerprint density at radius 1 is 0.647 bits per heavy atom. The summed E-state index contributed by atoms with van der Waals surface area (Å²) in [6.45, 7) is 0. The second kappa shape index (κ2) is 4.88. The van der Waals surface area contributed by atoms with Crippen LogP contribution in [0.1, 0.15) is 0 Å². The van der Waals surface area contributed by atoms with Gasteiger partial charge in [0.2, 0.25) is 0 Å². The zero-order valence-electron chi connectivity index (χ0n) is 8.81. The minimum absolute atomic E-state index is 0.212. The Hall–Kier alpha value is -2.01. The van der Waals surface area contributed by atoms with Crippen molar-refractivity contribution in [2.75, 3.05) is 0 Å². The van der Waals surface area contributed by atoms with Crippen molar-refractivity contribution < 1.29 is 16.8 Å². The molecule has 0 aliphatic rings. The van der Waals surface area contributed by atoms with Gasteiger partial charge in [0.05, 0.1) is 0 Å². The Bertz CT molecular complexity index is 516. The van der Waals surface area contributed by atoms with Crippen LogP contribution in [0.25, 0.3) is 0 Å². The number of hydrogen-bond donors (Lipinski definition) is 0. The lowest BCUT2D eigenvalue weighted by Gasteiger charge is -2.07. The molecule has 0 saturated heterocycles. The molecule has 0 atom stereocenters. The molecule has 2 rings (SSSR count). The molecule has 2 aromatic rings. The van der Waals surface area contributed by atoms with Gasteiger partial charge in [0, 0.05) is 0 Å². The van der Waals surface area contributed by atoms with E-state index in [9.17, 15) is 8.42 Å². The Morgan fingerprint density at radius 2 is 1.00 bits per heavy atom. The average Bonchev–Trinajstić information content (AvgIpc) is 2.30. The lowest BCUT2D eigenvalue weighted by molar-refractivity contribution is 0.392. The van der Waals surface area contributed by atoms with Gasteiger partial charge in [0.25, 0.3) is 0 Å². The summed E-state index contributed by atoms with van der Waals surface area (Å²) in [7, 11) is -4.09. The molecular formula is C12H10O4S. The van der Waals surface area contributed by atoms with Crippen LogP contribution in [0, 0.1) is 0 Å². The lowest BCUT2D eigenvalue weighted by Crippen LogP contribution is -2.16. The van der Waals surface area contributed by atoms with Gasteiger partial charge < -0.3 is 8.37 Å². The Labute approximate surface area is 99.8 Å². The van der Waals surface area contributed by atoms with Crippen LogP contribution in [0.2, 0.25) is 0 Å². The van der Waals surface area contributed by atoms with Crippen molar-refractivity contribution in [1.82, 2.24) is 0 Å². The fourth-order valence-corrected chi connectivity index (χ4v) is 1.93. The summed E-state index contributed by atoms with van der Waals surface area (Å²) in [4.78, 5) is 0. The Morgan fingerprint density at radius 3 is 1.35 bits per heavy atom. The van der Waals surface area contributed by atoms with Gasteiger partial charge >= 0.3 is 10.4 Å². The molecule has 0 aromatic heterocycles. The van der Waals surface area contributed by atoms with Crippen LogP contribution in [-0.2, 0) is 10.4 Å². The van der Waals surface area contributed by atoms with Gasteiger partial charge in [0.1, 0.15) is 11.5 Å². The van der Waals surface area contributed by atoms with E-state index in [0.29, 0.717) is 0 Å². The summed E-state index contributed by atoms with van der Waals surface area (Å²) in [5, 5.41) is 0. The molecule has 0 heterocycles. The van der Waals surface area contributed by atoms with E-state index in [-0.39, 0.29) is 11.5 Å². The molecule has 0 unspecified atom stereocenters. The van der Waals surface area contributed by atoms with Crippen LogP contribution < -0.4 is 8.37 Å². The third-order valence-corrected chi connectivity index (χ3v) is 2.68. The largest absolute Gasteiger partial charge is 0.500 e. The summed E-state index contributed by atoms with van der Waals surface area (Å²) < 4.78 is 32.6. The molecule has 0 radical (unpaired) electrons. The number of rotatable bonds is 4. The van der Waals surface area contributed by atoms with E-state index < -0.39 is 10.4 Å². The molecule has 0 aliphatic carbocycles. The molecule has 88 valence electrons. The van der Waals surface area contributed by atoms with E-state index in [1.165, 1.54) is 24.3 Å². The summed E-state index contributed by atoms with van der Waals surface area (Å²) in [6, 6.07) is 16.4. The summed E-state index contributed by atoms with van der Waals surface area (Å²) in [6.07, 6.45) is 0. The predicted octanol–water partition coefficient (Wildman–Crippen LogP) is 2.39. The fraction of sp³-hybridized carbons (Fsp3) is 0. The van der Waals surface area contributed by atoms with E-state index in [1.807, 2.05) is 0 Å². The molecule has 0 amide bonds. The predicted molar refractivity (Wildman–Crippen MR) is 63.1 cm³/mol. The minimum Gasteiger partial charge on any atom is -0.353 e. The molecule has 0 bridgehead atoms. The average molecular weight is 250 g/mol. The molecule has 5 heteroatoms. The molecule has 17 heavy (non-hydrogen) atoms. The van der Waals surface area contributed by atoms with Crippen molar-refractivity contribution in [3.05, 3.63) is 60.7 Å². The first kappa shape index (κ1) is 11.5. The van der Waals surface area contributed by atoms with E-state index in [2.05, 4.69) is 0 Å². The van der Waals surface area contributed by atoms with Gasteiger partial charge in [-0.2, -0.15) is 0 Å². The molecule has 0 fully saturated rings. The van der Waals surface area contributed by atoms with E-state index in [4.69, 9.17) is 8.37 Å². The Kier molecular flexibility index (Phi) is 3.30. The maximum atomic E-state index is 11.5. The topological polar surface area (TPSA) is 52.6 Å². The fourth-order valence-electron chi connectivity index (χ4n) is 1.20. The third-order valence-electron chi connectivity index (χ3n) is 1.88. The molecule has 0 spiro atoms. The number of hydrogen-bond acceptors (Lipinski definition) is 4. The van der Waals surface area contributed by atoms with Gasteiger partial charge in [-0.3, -0.25) is 0 Å². The molecule has 4 nitrogen and oxygen atoms in total. The van der Waals surface area contributed by atoms with Crippen molar-refractivity contribution in [2.24, 2.45) is 0 Å². The van der Waals surface area contributed by atoms with E-state index >= 15 is 0 Å². The summed E-state index contributed by atoms with van der Waals surface area (Å²) in [5.74, 6) is 0.423. The quantitative estimate of drug-likeness (QED) is 0.836. The normalized spacial score (nSPS) is 10.8. The Balaban J connectivity index is 2.11. The maximum absolute atomic E-state index is 11.5. The van der Waals surface area contributed by atoms with E-state index in [0.717, 1.165) is 0 Å². The van der Waals surface area contributed by atoms with Crippen molar-refractivity contribution in [1.29, 1.82) is 0 Å². The van der Waals surface area contributed by atoms with Gasteiger partial charge in [0.15, 0.2) is 0 Å². The first-order valence-corrected chi connectivity index (χ1v) is 6.23. The van der Waals surface area contributed by atoms with Crippen LogP contribution in [0.5, 0.6) is 11.5 Å². The van der Waals surface area contributed by atoms with Crippen LogP contribution in [-0.4, -0.2) is 8.42 Å². The van der Waals surface area contributed by atoms with Crippen molar-refractivity contribution in [2.45, 2.75) is 0 Å². The SMILES string of the molecule is O=S(=O)(Oc1ccccc1)Oc1ccccc1. The second-order valence-corrected chi connectivity index (χ2v) is 4.35. The zero-order valence-corrected chi connectivity index (χ0v) is 9.63. The third kappa shape index (κ3) is 3.49. The number of para-hydroxylation sites is 2. The van der Waals surface area contributed by atoms with Gasteiger partial charge in [-0.1, -0.05) is 36.4 Å². The molecular weight excluding hydrogens is 240 g/mol. The summed E-state index contributed by atoms with van der Waals surface area (Å²) in [5.41, 5.74) is 0. The van der Waals surface area contributed by atoms with Gasteiger partial charge in [-0.15, -0.1) is 8.42 Å². The van der Waals surface area contributed by atoms with Crippen LogP contribution in [0.15, 0.2) is 60.7 Å². The first-order chi connectivity index (χ1) is 8.16. The molecule has 0 saturated carbocycles. The first-order valence-electron chi connectivity index (χ1n) is 4.90. The van der Waals surface area contributed by atoms with Crippen LogP contribution in [0.4, 0.5) is 0 Å². The minimum atomic E-state index is -4.09. The van der Waals surface area contributed by atoms with Crippen LogP contribution >= 0.6 is 0 Å². The standard InChI is InChI=1S/C12H10O4S/c13-17(14,15-11-7-3-1-4-8-11)16-12-9-5-2-6-10-12/h1-10H. The highest BCUT2D eigenvalue weighted by molar-refractivity contribution is 7.82. The second-order valence-electron chi connectivity index (χ2n) is 3.20. The molecule has 2 aromatic carbocycles. The maximum Gasteiger partial charge on any atom is 0.500 e. The van der Waals surface area contributed by atoms with Crippen molar-refractivity contribution in [3.8, 4) is 11.5 Å². The highest BCUT2D eigenvalue weighted by Gasteiger charge is 2.14. The number of benzene rings is 2. The molecule has 0 N–H and O–H groups in total. The van der Waals surface area contributed by atoms with Gasteiger partial charge in [-0.05, 0) is 24.3 Å². The van der Waals surface area contributed by atoms with E-state index in [1.54, 1.807) is 36.4 Å². The van der Waals surface area contributed by atoms with Crippen molar-refractivity contribution in [3.63, 3.8) is 0 Å². The lowest BCUT2D eigenvalue weighted by atomic mass is 10.3. The summed E-state index contributed by atoms with van der Waals surface area (Å²) >= 11 is 0. The smallest absolute Gasteiger partial charge is 0.353 e. The highest BCUT2D eigenvalue weighted by Crippen LogP contribution is 2.16. The van der Waals surface area contributed by atoms with Gasteiger partial charge in [-0.25, -0.2) is 0 Å². The van der Waals surface area contributed by atoms with Crippen molar-refractivity contribution >= 4 is 10.4 Å².